The van der Waals surface area contributed by atoms with Crippen molar-refractivity contribution in [1.29, 1.82) is 0 Å². The van der Waals surface area contributed by atoms with E-state index in [1.807, 2.05) is 12.1 Å². The molecule has 0 unspecified atom stereocenters. The molecule has 2 aliphatic rings. The zero-order valence-electron chi connectivity index (χ0n) is 13.0. The fourth-order valence-electron chi connectivity index (χ4n) is 2.89. The van der Waals surface area contributed by atoms with Crippen molar-refractivity contribution in [2.75, 3.05) is 26.2 Å². The summed E-state index contributed by atoms with van der Waals surface area (Å²) in [6.45, 7) is 4.07. The Hall–Kier alpha value is -0.480. The van der Waals surface area contributed by atoms with E-state index in [-0.39, 0.29) is 12.4 Å². The van der Waals surface area contributed by atoms with Crippen molar-refractivity contribution in [2.45, 2.75) is 38.1 Å². The lowest BCUT2D eigenvalue weighted by Crippen LogP contribution is -2.43. The first kappa shape index (κ1) is 17.9. The van der Waals surface area contributed by atoms with Crippen LogP contribution in [0.3, 0.4) is 0 Å². The molecule has 1 saturated carbocycles. The molecule has 1 aliphatic heterocycles. The van der Waals surface area contributed by atoms with Crippen LogP contribution < -0.4 is 10.5 Å². The molecule has 0 radical (unpaired) electrons. The van der Waals surface area contributed by atoms with Gasteiger partial charge in [-0.05, 0) is 62.3 Å². The zero-order chi connectivity index (χ0) is 14.7. The summed E-state index contributed by atoms with van der Waals surface area (Å²) in [6, 6.07) is 6.55. The molecule has 5 heteroatoms. The van der Waals surface area contributed by atoms with Crippen LogP contribution in [0.4, 0.5) is 0 Å². The molecule has 3 rings (SSSR count). The molecule has 1 atom stereocenters. The Morgan fingerprint density at radius 2 is 2.09 bits per heavy atom. The monoisotopic (exact) mass is 344 g/mol. The second-order valence-corrected chi connectivity index (χ2v) is 6.88. The summed E-state index contributed by atoms with van der Waals surface area (Å²) in [5.41, 5.74) is 7.30. The normalized spacial score (nSPS) is 22.2. The predicted molar refractivity (Wildman–Crippen MR) is 94.3 cm³/mol. The second-order valence-electron chi connectivity index (χ2n) is 6.47. The molecule has 0 bridgehead atoms. The largest absolute Gasteiger partial charge is 0.492 e. The summed E-state index contributed by atoms with van der Waals surface area (Å²) >= 11 is 6.32. The van der Waals surface area contributed by atoms with Gasteiger partial charge in [0.05, 0.1) is 11.6 Å². The summed E-state index contributed by atoms with van der Waals surface area (Å²) in [5.74, 6) is 1.58. The van der Waals surface area contributed by atoms with E-state index in [1.165, 1.54) is 31.4 Å². The van der Waals surface area contributed by atoms with Crippen LogP contribution in [-0.2, 0) is 6.42 Å². The first-order valence-corrected chi connectivity index (χ1v) is 8.47. The van der Waals surface area contributed by atoms with E-state index in [4.69, 9.17) is 22.1 Å². The van der Waals surface area contributed by atoms with Crippen LogP contribution in [0.5, 0.6) is 5.75 Å². The summed E-state index contributed by atoms with van der Waals surface area (Å²) < 4.78 is 5.77. The third kappa shape index (κ3) is 5.31. The maximum atomic E-state index is 6.32. The van der Waals surface area contributed by atoms with Crippen molar-refractivity contribution in [3.05, 3.63) is 28.8 Å². The van der Waals surface area contributed by atoms with Crippen LogP contribution >= 0.6 is 24.0 Å². The molecule has 0 aromatic heterocycles. The van der Waals surface area contributed by atoms with Gasteiger partial charge in [-0.15, -0.1) is 12.4 Å². The van der Waals surface area contributed by atoms with Gasteiger partial charge < -0.3 is 15.4 Å². The van der Waals surface area contributed by atoms with Gasteiger partial charge in [-0.25, -0.2) is 0 Å². The van der Waals surface area contributed by atoms with E-state index in [2.05, 4.69) is 11.0 Å². The van der Waals surface area contributed by atoms with Crippen LogP contribution in [0.25, 0.3) is 0 Å². The maximum absolute atomic E-state index is 6.32. The van der Waals surface area contributed by atoms with Crippen LogP contribution in [0.2, 0.25) is 5.02 Å². The van der Waals surface area contributed by atoms with Gasteiger partial charge >= 0.3 is 0 Å². The molecular weight excluding hydrogens is 319 g/mol. The summed E-state index contributed by atoms with van der Waals surface area (Å²) in [6.07, 6.45) is 6.00. The van der Waals surface area contributed by atoms with Gasteiger partial charge in [0.15, 0.2) is 0 Å². The minimum atomic E-state index is 0. The molecule has 124 valence electrons. The fraction of sp³-hybridized carbons (Fsp3) is 0.647. The highest BCUT2D eigenvalue weighted by Crippen LogP contribution is 2.32. The number of piperidine rings is 1. The number of halogens is 2. The number of hydrogen-bond donors (Lipinski definition) is 1. The minimum Gasteiger partial charge on any atom is -0.492 e. The van der Waals surface area contributed by atoms with Crippen LogP contribution in [0.1, 0.15) is 31.2 Å². The zero-order valence-corrected chi connectivity index (χ0v) is 14.5. The predicted octanol–water partition coefficient (Wildman–Crippen LogP) is 3.52. The molecule has 0 amide bonds. The number of nitrogens with two attached hydrogens (primary N) is 1. The highest BCUT2D eigenvalue weighted by Gasteiger charge is 2.22. The van der Waals surface area contributed by atoms with E-state index in [9.17, 15) is 0 Å². The quantitative estimate of drug-likeness (QED) is 0.857. The molecule has 1 aromatic carbocycles. The molecule has 2 N–H and O–H groups in total. The highest BCUT2D eigenvalue weighted by atomic mass is 35.5. The van der Waals surface area contributed by atoms with Gasteiger partial charge in [0.25, 0.3) is 0 Å². The Morgan fingerprint density at radius 3 is 2.77 bits per heavy atom. The Kier molecular flexibility index (Phi) is 6.82. The SMILES string of the molecule is Cl.N[C@H]1CCCN(CCc2ccc(OCC3CC3)c(Cl)c2)C1. The Labute approximate surface area is 144 Å². The van der Waals surface area contributed by atoms with Crippen molar-refractivity contribution in [3.63, 3.8) is 0 Å². The van der Waals surface area contributed by atoms with Crippen molar-refractivity contribution >= 4 is 24.0 Å². The molecule has 22 heavy (non-hydrogen) atoms. The molecule has 2 fully saturated rings. The summed E-state index contributed by atoms with van der Waals surface area (Å²) in [4.78, 5) is 2.46. The van der Waals surface area contributed by atoms with Crippen molar-refractivity contribution < 1.29 is 4.74 Å². The van der Waals surface area contributed by atoms with Crippen molar-refractivity contribution in [3.8, 4) is 5.75 Å². The summed E-state index contributed by atoms with van der Waals surface area (Å²) in [7, 11) is 0. The van der Waals surface area contributed by atoms with Gasteiger partial charge in [0.1, 0.15) is 5.75 Å². The molecule has 3 nitrogen and oxygen atoms in total. The molecule has 0 spiro atoms. The lowest BCUT2D eigenvalue weighted by molar-refractivity contribution is 0.211. The lowest BCUT2D eigenvalue weighted by atomic mass is 10.1. The number of hydrogen-bond acceptors (Lipinski definition) is 3. The van der Waals surface area contributed by atoms with Gasteiger partial charge in [-0.3, -0.25) is 0 Å². The number of benzene rings is 1. The minimum absolute atomic E-state index is 0. The fourth-order valence-corrected chi connectivity index (χ4v) is 3.15. The Morgan fingerprint density at radius 1 is 1.27 bits per heavy atom. The van der Waals surface area contributed by atoms with E-state index in [0.29, 0.717) is 6.04 Å². The molecule has 1 aromatic rings. The third-order valence-corrected chi connectivity index (χ3v) is 4.72. The smallest absolute Gasteiger partial charge is 0.137 e. The average molecular weight is 345 g/mol. The first-order chi connectivity index (χ1) is 10.2. The maximum Gasteiger partial charge on any atom is 0.137 e. The van der Waals surface area contributed by atoms with Crippen LogP contribution in [-0.4, -0.2) is 37.2 Å². The molecule has 1 aliphatic carbocycles. The van der Waals surface area contributed by atoms with Gasteiger partial charge in [-0.2, -0.15) is 0 Å². The summed E-state index contributed by atoms with van der Waals surface area (Å²) in [5, 5.41) is 0.739. The highest BCUT2D eigenvalue weighted by molar-refractivity contribution is 6.32. The number of ether oxygens (including phenoxy) is 1. The number of nitrogens with zero attached hydrogens (tertiary/aromatic N) is 1. The number of rotatable bonds is 6. The van der Waals surface area contributed by atoms with Gasteiger partial charge in [0.2, 0.25) is 0 Å². The van der Waals surface area contributed by atoms with Gasteiger partial charge in [0, 0.05) is 19.1 Å². The second kappa shape index (κ2) is 8.39. The van der Waals surface area contributed by atoms with E-state index in [0.717, 1.165) is 49.2 Å². The molecular formula is C17H26Cl2N2O. The first-order valence-electron chi connectivity index (χ1n) is 8.10. The Balaban J connectivity index is 0.00000176. The molecule has 1 saturated heterocycles. The van der Waals surface area contributed by atoms with E-state index < -0.39 is 0 Å². The van der Waals surface area contributed by atoms with E-state index >= 15 is 0 Å². The lowest BCUT2D eigenvalue weighted by Gasteiger charge is -2.30. The van der Waals surface area contributed by atoms with Crippen molar-refractivity contribution in [1.82, 2.24) is 4.90 Å². The van der Waals surface area contributed by atoms with Gasteiger partial charge in [-0.1, -0.05) is 17.7 Å². The third-order valence-electron chi connectivity index (χ3n) is 4.43. The van der Waals surface area contributed by atoms with Crippen molar-refractivity contribution in [2.24, 2.45) is 11.7 Å². The number of likely N-dealkylation sites (tertiary alicyclic amines) is 1. The topological polar surface area (TPSA) is 38.5 Å². The average Bonchev–Trinajstić information content (AvgIpc) is 3.28. The molecule has 1 heterocycles. The standard InChI is InChI=1S/C17H25ClN2O.ClH/c18-16-10-13(5-6-17(16)21-12-14-3-4-14)7-9-20-8-1-2-15(19)11-20;/h5-6,10,14-15H,1-4,7-9,11-12,19H2;1H/t15-;/m0./s1. The van der Waals surface area contributed by atoms with E-state index in [1.54, 1.807) is 0 Å². The Bertz CT molecular complexity index is 480. The van der Waals surface area contributed by atoms with Crippen LogP contribution in [0.15, 0.2) is 18.2 Å². The van der Waals surface area contributed by atoms with Crippen LogP contribution in [0, 0.1) is 5.92 Å².